The molecule has 0 unspecified atom stereocenters. The first-order chi connectivity index (χ1) is 12.6. The van der Waals surface area contributed by atoms with Crippen molar-refractivity contribution in [3.05, 3.63) is 64.3 Å². The van der Waals surface area contributed by atoms with Gasteiger partial charge in [-0.25, -0.2) is 4.79 Å². The molecule has 3 rings (SSSR count). The van der Waals surface area contributed by atoms with Gasteiger partial charge in [0.05, 0.1) is 5.57 Å². The number of allylic oxidation sites excluding steroid dienone is 5. The normalized spacial score (nSPS) is 21.6. The van der Waals surface area contributed by atoms with Crippen LogP contribution in [-0.4, -0.2) is 11.1 Å². The second kappa shape index (κ2) is 7.14. The van der Waals surface area contributed by atoms with Gasteiger partial charge in [-0.2, -0.15) is 0 Å². The first kappa shape index (κ1) is 19.7. The first-order valence-corrected chi connectivity index (χ1v) is 10.1. The standard InChI is InChI=1S/C25H32O2/c1-17(10-11-18-8-6-7-9-18)22(23(26)27)19-12-13-20-21(16-19)25(4,5)15-14-24(20,2)3/h8,10-13,16H,6-7,9,14-15H2,1-5H3,(H,26,27). The molecule has 144 valence electrons. The van der Waals surface area contributed by atoms with E-state index in [0.29, 0.717) is 5.57 Å². The Morgan fingerprint density at radius 1 is 1.07 bits per heavy atom. The van der Waals surface area contributed by atoms with Crippen LogP contribution in [0.1, 0.15) is 83.4 Å². The zero-order valence-corrected chi connectivity index (χ0v) is 17.4. The van der Waals surface area contributed by atoms with Crippen molar-refractivity contribution < 1.29 is 9.90 Å². The van der Waals surface area contributed by atoms with Crippen molar-refractivity contribution in [3.8, 4) is 0 Å². The summed E-state index contributed by atoms with van der Waals surface area (Å²) >= 11 is 0. The van der Waals surface area contributed by atoms with E-state index in [4.69, 9.17) is 0 Å². The summed E-state index contributed by atoms with van der Waals surface area (Å²) in [6, 6.07) is 6.29. The Hall–Kier alpha value is -2.09. The summed E-state index contributed by atoms with van der Waals surface area (Å²) in [6.45, 7) is 11.0. The third-order valence-electron chi connectivity index (χ3n) is 6.37. The molecule has 0 heterocycles. The zero-order valence-electron chi connectivity index (χ0n) is 17.4. The Labute approximate surface area is 163 Å². The van der Waals surface area contributed by atoms with Gasteiger partial charge in [-0.05, 0) is 72.1 Å². The van der Waals surface area contributed by atoms with E-state index in [1.807, 2.05) is 19.1 Å². The molecule has 0 atom stereocenters. The molecular weight excluding hydrogens is 332 g/mol. The first-order valence-electron chi connectivity index (χ1n) is 10.1. The van der Waals surface area contributed by atoms with E-state index in [2.05, 4.69) is 52.0 Å². The molecule has 27 heavy (non-hydrogen) atoms. The second-order valence-electron chi connectivity index (χ2n) is 9.40. The van der Waals surface area contributed by atoms with Crippen LogP contribution >= 0.6 is 0 Å². The Bertz CT molecular complexity index is 847. The number of carboxylic acids is 1. The maximum absolute atomic E-state index is 12.1. The van der Waals surface area contributed by atoms with Crippen molar-refractivity contribution in [3.63, 3.8) is 0 Å². The van der Waals surface area contributed by atoms with E-state index >= 15 is 0 Å². The lowest BCUT2D eigenvalue weighted by atomic mass is 9.63. The maximum Gasteiger partial charge on any atom is 0.336 e. The van der Waals surface area contributed by atoms with Gasteiger partial charge in [-0.3, -0.25) is 0 Å². The minimum absolute atomic E-state index is 0.0723. The van der Waals surface area contributed by atoms with Gasteiger partial charge in [0.1, 0.15) is 0 Å². The highest BCUT2D eigenvalue weighted by atomic mass is 16.4. The van der Waals surface area contributed by atoms with Crippen LogP contribution < -0.4 is 0 Å². The highest BCUT2D eigenvalue weighted by Crippen LogP contribution is 2.46. The van der Waals surface area contributed by atoms with E-state index in [1.54, 1.807) is 0 Å². The van der Waals surface area contributed by atoms with Crippen LogP contribution in [0.2, 0.25) is 0 Å². The van der Waals surface area contributed by atoms with Crippen LogP contribution in [0, 0.1) is 0 Å². The molecule has 0 spiro atoms. The summed E-state index contributed by atoms with van der Waals surface area (Å²) < 4.78 is 0. The lowest BCUT2D eigenvalue weighted by Crippen LogP contribution is -2.33. The number of benzene rings is 1. The van der Waals surface area contributed by atoms with Crippen LogP contribution in [0.15, 0.2) is 47.6 Å². The quantitative estimate of drug-likeness (QED) is 0.485. The van der Waals surface area contributed by atoms with Crippen LogP contribution in [0.25, 0.3) is 5.57 Å². The predicted molar refractivity (Wildman–Crippen MR) is 113 cm³/mol. The Morgan fingerprint density at radius 2 is 1.74 bits per heavy atom. The predicted octanol–water partition coefficient (Wildman–Crippen LogP) is 6.56. The summed E-state index contributed by atoms with van der Waals surface area (Å²) in [7, 11) is 0. The Balaban J connectivity index is 2.07. The fraction of sp³-hybridized carbons (Fsp3) is 0.480. The van der Waals surface area contributed by atoms with Gasteiger partial charge >= 0.3 is 5.97 Å². The van der Waals surface area contributed by atoms with Crippen molar-refractivity contribution in [1.82, 2.24) is 0 Å². The molecule has 2 aliphatic rings. The Morgan fingerprint density at radius 3 is 2.33 bits per heavy atom. The third kappa shape index (κ3) is 3.95. The van der Waals surface area contributed by atoms with Gasteiger partial charge in [0, 0.05) is 0 Å². The number of hydrogen-bond acceptors (Lipinski definition) is 1. The van der Waals surface area contributed by atoms with Gasteiger partial charge in [0.15, 0.2) is 0 Å². The van der Waals surface area contributed by atoms with Gasteiger partial charge < -0.3 is 5.11 Å². The van der Waals surface area contributed by atoms with Crippen molar-refractivity contribution >= 4 is 11.5 Å². The molecule has 2 nitrogen and oxygen atoms in total. The van der Waals surface area contributed by atoms with Crippen LogP contribution in [0.3, 0.4) is 0 Å². The number of aliphatic carboxylic acids is 1. The summed E-state index contributed by atoms with van der Waals surface area (Å²) in [6.07, 6.45) is 12.0. The van der Waals surface area contributed by atoms with Crippen molar-refractivity contribution in [2.24, 2.45) is 0 Å². The van der Waals surface area contributed by atoms with Crippen LogP contribution in [0.5, 0.6) is 0 Å². The van der Waals surface area contributed by atoms with Crippen molar-refractivity contribution in [1.29, 1.82) is 0 Å². The molecule has 0 radical (unpaired) electrons. The molecule has 1 N–H and O–H groups in total. The molecule has 0 saturated heterocycles. The molecule has 0 aromatic heterocycles. The SMILES string of the molecule is CC(C=CC1=CCCC1)=C(C(=O)O)c1ccc2c(c1)C(C)(C)CCC2(C)C. The number of carboxylic acid groups (broad SMARTS) is 1. The van der Waals surface area contributed by atoms with Crippen molar-refractivity contribution in [2.45, 2.75) is 77.6 Å². The van der Waals surface area contributed by atoms with Crippen molar-refractivity contribution in [2.75, 3.05) is 0 Å². The van der Waals surface area contributed by atoms with Crippen LogP contribution in [-0.2, 0) is 15.6 Å². The smallest absolute Gasteiger partial charge is 0.336 e. The van der Waals surface area contributed by atoms with Gasteiger partial charge in [-0.1, -0.05) is 69.7 Å². The molecule has 0 saturated carbocycles. The minimum atomic E-state index is -0.856. The zero-order chi connectivity index (χ0) is 19.8. The largest absolute Gasteiger partial charge is 0.478 e. The lowest BCUT2D eigenvalue weighted by Gasteiger charge is -2.42. The third-order valence-corrected chi connectivity index (χ3v) is 6.37. The van der Waals surface area contributed by atoms with Gasteiger partial charge in [0.2, 0.25) is 0 Å². The van der Waals surface area contributed by atoms with Gasteiger partial charge in [-0.15, -0.1) is 0 Å². The molecule has 2 heteroatoms. The summed E-state index contributed by atoms with van der Waals surface area (Å²) in [5.74, 6) is -0.856. The number of carbonyl (C=O) groups is 1. The molecule has 1 aromatic rings. The number of rotatable bonds is 4. The number of fused-ring (bicyclic) bond motifs is 1. The molecule has 0 fully saturated rings. The molecule has 1 aromatic carbocycles. The van der Waals surface area contributed by atoms with Gasteiger partial charge in [0.25, 0.3) is 0 Å². The fourth-order valence-electron chi connectivity index (χ4n) is 4.43. The molecule has 0 amide bonds. The topological polar surface area (TPSA) is 37.3 Å². The summed E-state index contributed by atoms with van der Waals surface area (Å²) in [5, 5.41) is 9.92. The monoisotopic (exact) mass is 364 g/mol. The maximum atomic E-state index is 12.1. The molecule has 0 aliphatic heterocycles. The lowest BCUT2D eigenvalue weighted by molar-refractivity contribution is -0.130. The summed E-state index contributed by atoms with van der Waals surface area (Å²) in [5.41, 5.74) is 6.21. The highest BCUT2D eigenvalue weighted by Gasteiger charge is 2.37. The fourth-order valence-corrected chi connectivity index (χ4v) is 4.43. The van der Waals surface area contributed by atoms with Crippen LogP contribution in [0.4, 0.5) is 0 Å². The summed E-state index contributed by atoms with van der Waals surface area (Å²) in [4.78, 5) is 12.1. The molecular formula is C25H32O2. The second-order valence-corrected chi connectivity index (χ2v) is 9.40. The van der Waals surface area contributed by atoms with E-state index in [1.165, 1.54) is 23.1 Å². The average molecular weight is 365 g/mol. The minimum Gasteiger partial charge on any atom is -0.478 e. The average Bonchev–Trinajstić information content (AvgIpc) is 3.11. The molecule has 2 aliphatic carbocycles. The van der Waals surface area contributed by atoms with E-state index < -0.39 is 5.97 Å². The van der Waals surface area contributed by atoms with E-state index in [-0.39, 0.29) is 10.8 Å². The Kier molecular flexibility index (Phi) is 5.20. The van der Waals surface area contributed by atoms with E-state index in [0.717, 1.165) is 36.8 Å². The highest BCUT2D eigenvalue weighted by molar-refractivity contribution is 6.17. The van der Waals surface area contributed by atoms with E-state index in [9.17, 15) is 9.90 Å². The molecule has 0 bridgehead atoms. The number of hydrogen-bond donors (Lipinski definition) is 1.